The molecule has 10 aromatic rings. The number of rotatable bonds is 8. The normalized spacial score (nSPS) is 11.5. The highest BCUT2D eigenvalue weighted by Gasteiger charge is 2.17. The van der Waals surface area contributed by atoms with Gasteiger partial charge >= 0.3 is 0 Å². The molecule has 4 heteroatoms. The Bertz CT molecular complexity index is 2660. The number of anilines is 6. The minimum Gasteiger partial charge on any atom is -0.456 e. The van der Waals surface area contributed by atoms with Gasteiger partial charge in [0.2, 0.25) is 0 Å². The molecule has 0 fully saturated rings. The molecule has 53 heavy (non-hydrogen) atoms. The van der Waals surface area contributed by atoms with Gasteiger partial charge in [0.05, 0.1) is 0 Å². The van der Waals surface area contributed by atoms with Crippen molar-refractivity contribution in [2.45, 2.75) is 6.42 Å². The summed E-state index contributed by atoms with van der Waals surface area (Å²) in [7, 11) is 0. The fourth-order valence-electron chi connectivity index (χ4n) is 7.52. The topological polar surface area (TPSA) is 32.8 Å². The summed E-state index contributed by atoms with van der Waals surface area (Å²) in [4.78, 5) is 4.57. The Morgan fingerprint density at radius 1 is 0.283 bits per heavy atom. The van der Waals surface area contributed by atoms with Gasteiger partial charge in [-0.3, -0.25) is 0 Å². The third-order valence-corrected chi connectivity index (χ3v) is 10.1. The molecular formula is C49H34N2O2. The number of hydrogen-bond acceptors (Lipinski definition) is 4. The zero-order valence-corrected chi connectivity index (χ0v) is 28.9. The van der Waals surface area contributed by atoms with E-state index in [0.717, 1.165) is 84.4 Å². The molecule has 252 valence electrons. The van der Waals surface area contributed by atoms with E-state index >= 15 is 0 Å². The van der Waals surface area contributed by atoms with Crippen molar-refractivity contribution in [1.82, 2.24) is 0 Å². The molecule has 0 N–H and O–H groups in total. The van der Waals surface area contributed by atoms with Crippen LogP contribution in [0.15, 0.2) is 203 Å². The van der Waals surface area contributed by atoms with Crippen molar-refractivity contribution in [3.05, 3.63) is 205 Å². The zero-order valence-electron chi connectivity index (χ0n) is 28.9. The van der Waals surface area contributed by atoms with Crippen molar-refractivity contribution in [1.29, 1.82) is 0 Å². The maximum atomic E-state index is 6.27. The Kier molecular flexibility index (Phi) is 7.51. The minimum absolute atomic E-state index is 0.827. The van der Waals surface area contributed by atoms with Gasteiger partial charge in [-0.15, -0.1) is 0 Å². The highest BCUT2D eigenvalue weighted by molar-refractivity contribution is 6.07. The van der Waals surface area contributed by atoms with E-state index in [1.807, 2.05) is 24.3 Å². The van der Waals surface area contributed by atoms with Gasteiger partial charge in [0.25, 0.3) is 0 Å². The monoisotopic (exact) mass is 682 g/mol. The summed E-state index contributed by atoms with van der Waals surface area (Å²) in [5, 5.41) is 4.51. The third-order valence-electron chi connectivity index (χ3n) is 10.1. The van der Waals surface area contributed by atoms with Crippen LogP contribution in [0.1, 0.15) is 11.1 Å². The molecule has 0 aliphatic rings. The maximum Gasteiger partial charge on any atom is 0.137 e. The van der Waals surface area contributed by atoms with Crippen molar-refractivity contribution in [2.75, 3.05) is 9.80 Å². The largest absolute Gasteiger partial charge is 0.456 e. The van der Waals surface area contributed by atoms with Gasteiger partial charge in [0.1, 0.15) is 22.3 Å². The first-order chi connectivity index (χ1) is 26.2. The van der Waals surface area contributed by atoms with Crippen molar-refractivity contribution in [3.8, 4) is 0 Å². The first kappa shape index (κ1) is 30.8. The van der Waals surface area contributed by atoms with Crippen LogP contribution in [0.2, 0.25) is 0 Å². The molecule has 0 aliphatic carbocycles. The van der Waals surface area contributed by atoms with E-state index in [2.05, 4.69) is 180 Å². The van der Waals surface area contributed by atoms with E-state index in [1.54, 1.807) is 0 Å². The lowest BCUT2D eigenvalue weighted by Crippen LogP contribution is -2.10. The standard InChI is InChI=1S/C49H34N2O2/c1-3-11-36(12-4-1)50(40-27-29-44-42-15-7-9-17-46(42)52-48(44)32-40)38-23-19-34(20-24-38)31-35-21-25-39(26-22-35)51(37-13-5-2-6-14-37)41-28-30-45-43-16-8-10-18-47(43)53-49(45)33-41/h1-30,32-33H,31H2. The molecule has 2 aromatic heterocycles. The second-order valence-corrected chi connectivity index (χ2v) is 13.4. The molecule has 0 bridgehead atoms. The van der Waals surface area contributed by atoms with E-state index in [1.165, 1.54) is 11.1 Å². The lowest BCUT2D eigenvalue weighted by molar-refractivity contribution is 0.668. The van der Waals surface area contributed by atoms with Crippen LogP contribution in [0.4, 0.5) is 34.1 Å². The molecule has 0 saturated heterocycles. The third kappa shape index (κ3) is 5.67. The van der Waals surface area contributed by atoms with Crippen LogP contribution in [-0.2, 0) is 6.42 Å². The summed E-state index contributed by atoms with van der Waals surface area (Å²) in [6.45, 7) is 0. The van der Waals surface area contributed by atoms with Gasteiger partial charge in [-0.05, 0) is 102 Å². The van der Waals surface area contributed by atoms with Crippen LogP contribution in [0.5, 0.6) is 0 Å². The summed E-state index contributed by atoms with van der Waals surface area (Å²) in [5.74, 6) is 0. The average Bonchev–Trinajstić information content (AvgIpc) is 3.78. The highest BCUT2D eigenvalue weighted by Crippen LogP contribution is 2.40. The van der Waals surface area contributed by atoms with Crippen LogP contribution in [0, 0.1) is 0 Å². The fourth-order valence-corrected chi connectivity index (χ4v) is 7.52. The molecule has 0 unspecified atom stereocenters. The summed E-state index contributed by atoms with van der Waals surface area (Å²) < 4.78 is 12.5. The van der Waals surface area contributed by atoms with E-state index < -0.39 is 0 Å². The summed E-state index contributed by atoms with van der Waals surface area (Å²) >= 11 is 0. The second-order valence-electron chi connectivity index (χ2n) is 13.4. The lowest BCUT2D eigenvalue weighted by atomic mass is 10.0. The van der Waals surface area contributed by atoms with Crippen LogP contribution in [-0.4, -0.2) is 0 Å². The number of nitrogens with zero attached hydrogens (tertiary/aromatic N) is 2. The molecule has 0 saturated carbocycles. The molecule has 8 aromatic carbocycles. The SMILES string of the molecule is c1ccc(N(c2ccc(Cc3ccc(N(c4ccccc4)c4ccc5c(c4)oc4ccccc45)cc3)cc2)c2ccc3c(c2)oc2ccccc23)cc1. The van der Waals surface area contributed by atoms with E-state index in [0.29, 0.717) is 0 Å². The Labute approximate surface area is 307 Å². The Balaban J connectivity index is 0.939. The first-order valence-corrected chi connectivity index (χ1v) is 18.0. The van der Waals surface area contributed by atoms with Gasteiger partial charge in [0, 0.05) is 67.8 Å². The number of fused-ring (bicyclic) bond motifs is 6. The molecule has 0 aliphatic heterocycles. The molecule has 4 nitrogen and oxygen atoms in total. The van der Waals surface area contributed by atoms with Crippen molar-refractivity contribution in [2.24, 2.45) is 0 Å². The van der Waals surface area contributed by atoms with Crippen LogP contribution in [0.25, 0.3) is 43.9 Å². The molecular weight excluding hydrogens is 649 g/mol. The molecule has 0 atom stereocenters. The Morgan fingerprint density at radius 2 is 0.623 bits per heavy atom. The minimum atomic E-state index is 0.827. The van der Waals surface area contributed by atoms with E-state index in [-0.39, 0.29) is 0 Å². The van der Waals surface area contributed by atoms with Gasteiger partial charge in [-0.25, -0.2) is 0 Å². The van der Waals surface area contributed by atoms with E-state index in [4.69, 9.17) is 8.83 Å². The number of benzene rings is 8. The number of furan rings is 2. The number of para-hydroxylation sites is 4. The smallest absolute Gasteiger partial charge is 0.137 e. The fraction of sp³-hybridized carbons (Fsp3) is 0.0204. The Morgan fingerprint density at radius 3 is 1.06 bits per heavy atom. The van der Waals surface area contributed by atoms with Gasteiger partial charge in [0.15, 0.2) is 0 Å². The van der Waals surface area contributed by atoms with Crippen LogP contribution < -0.4 is 9.80 Å². The van der Waals surface area contributed by atoms with Crippen molar-refractivity contribution in [3.63, 3.8) is 0 Å². The van der Waals surface area contributed by atoms with Crippen LogP contribution in [0.3, 0.4) is 0 Å². The zero-order chi connectivity index (χ0) is 35.1. The second kappa shape index (κ2) is 12.9. The summed E-state index contributed by atoms with van der Waals surface area (Å²) in [5.41, 5.74) is 12.5. The molecule has 0 amide bonds. The predicted molar refractivity (Wildman–Crippen MR) is 220 cm³/mol. The quantitative estimate of drug-likeness (QED) is 0.160. The molecule has 0 radical (unpaired) electrons. The number of hydrogen-bond donors (Lipinski definition) is 0. The summed E-state index contributed by atoms with van der Waals surface area (Å²) in [6.07, 6.45) is 0.827. The predicted octanol–water partition coefficient (Wildman–Crippen LogP) is 14.0. The Hall–Kier alpha value is -7.04. The lowest BCUT2D eigenvalue weighted by Gasteiger charge is -2.26. The van der Waals surface area contributed by atoms with E-state index in [9.17, 15) is 0 Å². The van der Waals surface area contributed by atoms with Crippen molar-refractivity contribution < 1.29 is 8.83 Å². The van der Waals surface area contributed by atoms with Gasteiger partial charge in [-0.1, -0.05) is 97.1 Å². The molecule has 2 heterocycles. The van der Waals surface area contributed by atoms with Crippen LogP contribution >= 0.6 is 0 Å². The molecule has 10 rings (SSSR count). The highest BCUT2D eigenvalue weighted by atomic mass is 16.3. The van der Waals surface area contributed by atoms with Crippen molar-refractivity contribution >= 4 is 78.0 Å². The average molecular weight is 683 g/mol. The summed E-state index contributed by atoms with van der Waals surface area (Å²) in [6, 6.07) is 68.2. The maximum absolute atomic E-state index is 6.27. The van der Waals surface area contributed by atoms with Gasteiger partial charge < -0.3 is 18.6 Å². The van der Waals surface area contributed by atoms with Gasteiger partial charge in [-0.2, -0.15) is 0 Å². The first-order valence-electron chi connectivity index (χ1n) is 18.0. The molecule has 0 spiro atoms.